The van der Waals surface area contributed by atoms with Crippen LogP contribution in [0, 0.1) is 5.92 Å². The lowest BCUT2D eigenvalue weighted by atomic mass is 10.1. The van der Waals surface area contributed by atoms with Gasteiger partial charge in [-0.25, -0.2) is 0 Å². The number of aromatic nitrogens is 1. The molecule has 0 unspecified atom stereocenters. The summed E-state index contributed by atoms with van der Waals surface area (Å²) in [4.78, 5) is 27.3. The molecular weight excluding hydrogens is 242 g/mol. The van der Waals surface area contributed by atoms with Crippen molar-refractivity contribution in [3.63, 3.8) is 0 Å². The number of pyridine rings is 1. The summed E-state index contributed by atoms with van der Waals surface area (Å²) in [5.74, 6) is -0.00867. The minimum atomic E-state index is -0.525. The first-order valence-corrected chi connectivity index (χ1v) is 6.45. The fourth-order valence-corrected chi connectivity index (χ4v) is 1.58. The van der Waals surface area contributed by atoms with Gasteiger partial charge in [-0.15, -0.1) is 0 Å². The van der Waals surface area contributed by atoms with E-state index in [4.69, 9.17) is 0 Å². The highest BCUT2D eigenvalue weighted by molar-refractivity contribution is 5.87. The van der Waals surface area contributed by atoms with Crippen LogP contribution in [0.15, 0.2) is 24.5 Å². The smallest absolute Gasteiger partial charge is 0.242 e. The van der Waals surface area contributed by atoms with E-state index in [0.717, 1.165) is 5.56 Å². The molecular formula is C14H21N3O2. The van der Waals surface area contributed by atoms with Crippen molar-refractivity contribution in [3.05, 3.63) is 30.1 Å². The van der Waals surface area contributed by atoms with Gasteiger partial charge in [0.25, 0.3) is 0 Å². The molecule has 1 atom stereocenters. The van der Waals surface area contributed by atoms with Crippen LogP contribution in [0.3, 0.4) is 0 Å². The molecule has 5 nitrogen and oxygen atoms in total. The molecule has 0 aromatic carbocycles. The third-order valence-electron chi connectivity index (χ3n) is 2.55. The normalized spacial score (nSPS) is 12.0. The van der Waals surface area contributed by atoms with Crippen LogP contribution >= 0.6 is 0 Å². The van der Waals surface area contributed by atoms with E-state index in [1.807, 2.05) is 26.0 Å². The van der Waals surface area contributed by atoms with Crippen LogP contribution in [0.5, 0.6) is 0 Å². The van der Waals surface area contributed by atoms with Gasteiger partial charge in [0.2, 0.25) is 11.8 Å². The molecule has 0 spiro atoms. The Hall–Kier alpha value is -1.91. The maximum Gasteiger partial charge on any atom is 0.242 e. The Kier molecular flexibility index (Phi) is 5.99. The Balaban J connectivity index is 2.35. The average Bonchev–Trinajstić information content (AvgIpc) is 2.36. The van der Waals surface area contributed by atoms with E-state index in [9.17, 15) is 9.59 Å². The summed E-state index contributed by atoms with van der Waals surface area (Å²) in [6.45, 7) is 6.02. The summed E-state index contributed by atoms with van der Waals surface area (Å²) in [7, 11) is 0. The largest absolute Gasteiger partial charge is 0.350 e. The Morgan fingerprint density at radius 3 is 2.63 bits per heavy atom. The molecule has 19 heavy (non-hydrogen) atoms. The van der Waals surface area contributed by atoms with Gasteiger partial charge in [-0.3, -0.25) is 14.6 Å². The minimum absolute atomic E-state index is 0.0981. The Labute approximate surface area is 113 Å². The van der Waals surface area contributed by atoms with E-state index in [1.165, 1.54) is 0 Å². The lowest BCUT2D eigenvalue weighted by Gasteiger charge is -2.14. The second-order valence-corrected chi connectivity index (χ2v) is 4.97. The molecule has 0 aliphatic carbocycles. The molecule has 0 aliphatic heterocycles. The third kappa shape index (κ3) is 5.99. The SMILES string of the molecule is CC(C)CC(=O)N[C@@H](C)C(=O)NCc1cccnc1. The molecule has 0 fully saturated rings. The first-order valence-electron chi connectivity index (χ1n) is 6.45. The number of carbonyl (C=O) groups excluding carboxylic acids is 2. The highest BCUT2D eigenvalue weighted by Gasteiger charge is 2.15. The van der Waals surface area contributed by atoms with Gasteiger partial charge in [0, 0.05) is 25.4 Å². The molecule has 1 rings (SSSR count). The predicted octanol–water partition coefficient (Wildman–Crippen LogP) is 1.25. The number of rotatable bonds is 6. The molecule has 1 heterocycles. The lowest BCUT2D eigenvalue weighted by Crippen LogP contribution is -2.44. The molecule has 2 N–H and O–H groups in total. The number of nitrogens with one attached hydrogen (secondary N) is 2. The predicted molar refractivity (Wildman–Crippen MR) is 73.1 cm³/mol. The van der Waals surface area contributed by atoms with Gasteiger partial charge in [0.05, 0.1) is 0 Å². The van der Waals surface area contributed by atoms with Crippen LogP contribution in [0.4, 0.5) is 0 Å². The average molecular weight is 263 g/mol. The van der Waals surface area contributed by atoms with Gasteiger partial charge < -0.3 is 10.6 Å². The van der Waals surface area contributed by atoms with Crippen molar-refractivity contribution in [1.29, 1.82) is 0 Å². The molecule has 5 heteroatoms. The second kappa shape index (κ2) is 7.51. The lowest BCUT2D eigenvalue weighted by molar-refractivity contribution is -0.129. The first kappa shape index (κ1) is 15.1. The van der Waals surface area contributed by atoms with Gasteiger partial charge in [-0.1, -0.05) is 19.9 Å². The summed E-state index contributed by atoms with van der Waals surface area (Å²) in [5, 5.41) is 5.44. The van der Waals surface area contributed by atoms with E-state index in [0.29, 0.717) is 13.0 Å². The van der Waals surface area contributed by atoms with Crippen molar-refractivity contribution >= 4 is 11.8 Å². The summed E-state index contributed by atoms with van der Waals surface area (Å²) in [5.41, 5.74) is 0.927. The highest BCUT2D eigenvalue weighted by Crippen LogP contribution is 1.99. The molecule has 0 saturated heterocycles. The number of hydrogen-bond donors (Lipinski definition) is 2. The van der Waals surface area contributed by atoms with E-state index in [2.05, 4.69) is 15.6 Å². The zero-order valence-corrected chi connectivity index (χ0v) is 11.6. The summed E-state index contributed by atoms with van der Waals surface area (Å²) in [6.07, 6.45) is 3.81. The molecule has 1 aromatic heterocycles. The molecule has 0 aliphatic rings. The van der Waals surface area contributed by atoms with Crippen LogP contribution < -0.4 is 10.6 Å². The van der Waals surface area contributed by atoms with Crippen LogP contribution in [-0.2, 0) is 16.1 Å². The molecule has 2 amide bonds. The molecule has 0 radical (unpaired) electrons. The number of carbonyl (C=O) groups is 2. The monoisotopic (exact) mass is 263 g/mol. The quantitative estimate of drug-likeness (QED) is 0.811. The van der Waals surface area contributed by atoms with Gasteiger partial charge in [-0.2, -0.15) is 0 Å². The second-order valence-electron chi connectivity index (χ2n) is 4.97. The van der Waals surface area contributed by atoms with Crippen LogP contribution in [0.1, 0.15) is 32.8 Å². The Morgan fingerprint density at radius 1 is 1.32 bits per heavy atom. The fraction of sp³-hybridized carbons (Fsp3) is 0.500. The van der Waals surface area contributed by atoms with Crippen molar-refractivity contribution in [2.75, 3.05) is 0 Å². The third-order valence-corrected chi connectivity index (χ3v) is 2.55. The highest BCUT2D eigenvalue weighted by atomic mass is 16.2. The minimum Gasteiger partial charge on any atom is -0.350 e. The van der Waals surface area contributed by atoms with Crippen LogP contribution in [0.25, 0.3) is 0 Å². The zero-order chi connectivity index (χ0) is 14.3. The first-order chi connectivity index (χ1) is 8.99. The maximum absolute atomic E-state index is 11.8. The van der Waals surface area contributed by atoms with Crippen molar-refractivity contribution < 1.29 is 9.59 Å². The van der Waals surface area contributed by atoms with Crippen molar-refractivity contribution in [2.45, 2.75) is 39.8 Å². The van der Waals surface area contributed by atoms with Crippen molar-refractivity contribution in [3.8, 4) is 0 Å². The van der Waals surface area contributed by atoms with Gasteiger partial charge in [0.15, 0.2) is 0 Å². The van der Waals surface area contributed by atoms with Crippen LogP contribution in [0.2, 0.25) is 0 Å². The summed E-state index contributed by atoms with van der Waals surface area (Å²) in [6, 6.07) is 3.17. The Morgan fingerprint density at radius 2 is 2.05 bits per heavy atom. The van der Waals surface area contributed by atoms with Crippen molar-refractivity contribution in [1.82, 2.24) is 15.6 Å². The van der Waals surface area contributed by atoms with Gasteiger partial charge in [-0.05, 0) is 24.5 Å². The maximum atomic E-state index is 11.8. The van der Waals surface area contributed by atoms with Crippen molar-refractivity contribution in [2.24, 2.45) is 5.92 Å². The number of nitrogens with zero attached hydrogens (tertiary/aromatic N) is 1. The number of amides is 2. The molecule has 1 aromatic rings. The van der Waals surface area contributed by atoms with Gasteiger partial charge >= 0.3 is 0 Å². The van der Waals surface area contributed by atoms with Gasteiger partial charge in [0.1, 0.15) is 6.04 Å². The molecule has 0 saturated carbocycles. The molecule has 0 bridgehead atoms. The zero-order valence-electron chi connectivity index (χ0n) is 11.6. The topological polar surface area (TPSA) is 71.1 Å². The summed E-state index contributed by atoms with van der Waals surface area (Å²) < 4.78 is 0. The van der Waals surface area contributed by atoms with E-state index in [-0.39, 0.29) is 17.7 Å². The van der Waals surface area contributed by atoms with E-state index < -0.39 is 6.04 Å². The van der Waals surface area contributed by atoms with E-state index in [1.54, 1.807) is 19.3 Å². The van der Waals surface area contributed by atoms with E-state index >= 15 is 0 Å². The number of hydrogen-bond acceptors (Lipinski definition) is 3. The standard InChI is InChI=1S/C14H21N3O2/c1-10(2)7-13(18)17-11(3)14(19)16-9-12-5-4-6-15-8-12/h4-6,8,10-11H,7,9H2,1-3H3,(H,16,19)(H,17,18)/t11-/m0/s1. The molecule has 104 valence electrons. The Bertz CT molecular complexity index is 418. The fourth-order valence-electron chi connectivity index (χ4n) is 1.58. The van der Waals surface area contributed by atoms with Crippen LogP contribution in [-0.4, -0.2) is 22.8 Å². The summed E-state index contributed by atoms with van der Waals surface area (Å²) >= 11 is 0.